The molecule has 0 radical (unpaired) electrons. The Kier molecular flexibility index (Phi) is 20.0. The van der Waals surface area contributed by atoms with Gasteiger partial charge in [-0.25, -0.2) is 86.3 Å². The van der Waals surface area contributed by atoms with Gasteiger partial charge in [-0.3, -0.25) is 0 Å². The first-order valence-electron chi connectivity index (χ1n) is 18.4. The summed E-state index contributed by atoms with van der Waals surface area (Å²) >= 11 is 0. The summed E-state index contributed by atoms with van der Waals surface area (Å²) in [5.41, 5.74) is -29.8. The summed E-state index contributed by atoms with van der Waals surface area (Å²) in [6, 6.07) is 0. The van der Waals surface area contributed by atoms with Crippen molar-refractivity contribution < 1.29 is 188 Å². The van der Waals surface area contributed by atoms with E-state index in [1.54, 1.807) is 0 Å². The molecule has 0 spiro atoms. The molecule has 0 aliphatic carbocycles. The van der Waals surface area contributed by atoms with Crippen LogP contribution in [0.25, 0.3) is 0 Å². The molecule has 38 nitrogen and oxygen atoms in total. The Morgan fingerprint density at radius 3 is 0.299 bits per heavy atom. The molecule has 0 aromatic heterocycles. The number of hydrogen-bond acceptors (Lipinski definition) is 20. The van der Waals surface area contributed by atoms with Gasteiger partial charge in [-0.1, -0.05) is 0 Å². The van der Waals surface area contributed by atoms with Gasteiger partial charge in [0, 0.05) is 0 Å². The fraction of sp³-hybridized carbons (Fsp3) is 0.0769. The number of aliphatic hydroxyl groups is 1. The minimum atomic E-state index is -2.26. The first-order chi connectivity index (χ1) is 35.2. The van der Waals surface area contributed by atoms with Gasteiger partial charge in [0.1, 0.15) is 6.10 Å². The first-order valence-corrected chi connectivity index (χ1v) is 18.4. The third kappa shape index (κ3) is 13.1. The Hall–Kier alpha value is -12.0. The highest BCUT2D eigenvalue weighted by Crippen LogP contribution is 2.33. The van der Waals surface area contributed by atoms with Crippen molar-refractivity contribution in [3.63, 3.8) is 0 Å². The molecule has 1 unspecified atom stereocenters. The summed E-state index contributed by atoms with van der Waals surface area (Å²) in [7, 11) is 0. The maximum Gasteiger partial charge on any atom is 0.337 e. The van der Waals surface area contributed by atoms with Gasteiger partial charge < -0.3 is 102 Å². The second kappa shape index (κ2) is 24.4. The Labute approximate surface area is 414 Å². The van der Waals surface area contributed by atoms with E-state index < -0.39 is 208 Å². The Morgan fingerprint density at radius 2 is 0.286 bits per heavy atom. The minimum Gasteiger partial charge on any atom is -0.478 e. The van der Waals surface area contributed by atoms with Gasteiger partial charge in [-0.15, -0.1) is 0 Å². The molecule has 1 saturated heterocycles. The standard InChI is InChI=1S/3C12H6O12.C3H6O2/c3*13-7(14)1-2(8(15)16)4(10(19)20)6(12(23)24)5(11(21)22)3(1)9(17)18;4-1-3-2-5-3/h3*(H,13,14)(H,15,16)(H,17,18)(H,19,20)(H,21,22)(H,23,24);3-4H,1-2H2. The molecule has 38 heteroatoms. The van der Waals surface area contributed by atoms with E-state index in [-0.39, 0.29) is 12.7 Å². The summed E-state index contributed by atoms with van der Waals surface area (Å²) in [4.78, 5) is 202. The number of carboxylic acids is 18. The largest absolute Gasteiger partial charge is 0.478 e. The third-order valence-corrected chi connectivity index (χ3v) is 8.96. The maximum absolute atomic E-state index is 11.2. The predicted molar refractivity (Wildman–Crippen MR) is 221 cm³/mol. The molecule has 1 heterocycles. The number of rotatable bonds is 19. The van der Waals surface area contributed by atoms with Crippen LogP contribution in [0.3, 0.4) is 0 Å². The van der Waals surface area contributed by atoms with E-state index in [4.69, 9.17) is 97.0 Å². The lowest BCUT2D eigenvalue weighted by atomic mass is 9.86. The van der Waals surface area contributed by atoms with E-state index in [1.165, 1.54) is 0 Å². The zero-order valence-corrected chi connectivity index (χ0v) is 36.2. The van der Waals surface area contributed by atoms with Crippen LogP contribution in [-0.2, 0) is 4.74 Å². The van der Waals surface area contributed by atoms with Gasteiger partial charge in [0.15, 0.2) is 0 Å². The fourth-order valence-electron chi connectivity index (χ4n) is 6.27. The number of epoxide rings is 1. The lowest BCUT2D eigenvalue weighted by Gasteiger charge is -2.15. The summed E-state index contributed by atoms with van der Waals surface area (Å²) in [5.74, 6) is -40.6. The average Bonchev–Trinajstić information content (AvgIpc) is 4.13. The molecule has 1 atom stereocenters. The van der Waals surface area contributed by atoms with Crippen LogP contribution >= 0.6 is 0 Å². The van der Waals surface area contributed by atoms with Crippen molar-refractivity contribution in [2.45, 2.75) is 6.10 Å². The molecule has 0 amide bonds. The zero-order chi connectivity index (χ0) is 60.5. The van der Waals surface area contributed by atoms with Crippen molar-refractivity contribution >= 4 is 107 Å². The van der Waals surface area contributed by atoms with Crippen LogP contribution in [0.4, 0.5) is 0 Å². The van der Waals surface area contributed by atoms with Crippen LogP contribution in [0.2, 0.25) is 0 Å². The van der Waals surface area contributed by atoms with Gasteiger partial charge in [-0.05, 0) is 0 Å². The number of ether oxygens (including phenoxy) is 1. The van der Waals surface area contributed by atoms with E-state index >= 15 is 0 Å². The molecular weight excluding hydrogens is 1080 g/mol. The van der Waals surface area contributed by atoms with E-state index in [9.17, 15) is 86.3 Å². The highest BCUT2D eigenvalue weighted by atomic mass is 16.6. The van der Waals surface area contributed by atoms with Gasteiger partial charge in [0.2, 0.25) is 0 Å². The number of aliphatic hydroxyl groups excluding tert-OH is 1. The van der Waals surface area contributed by atoms with Crippen LogP contribution in [0, 0.1) is 0 Å². The first kappa shape index (κ1) is 63.1. The van der Waals surface area contributed by atoms with Crippen molar-refractivity contribution in [3.8, 4) is 0 Å². The number of carboxylic acid groups (broad SMARTS) is 18. The highest BCUT2D eigenvalue weighted by Gasteiger charge is 2.43. The topological polar surface area (TPSA) is 704 Å². The van der Waals surface area contributed by atoms with Crippen molar-refractivity contribution in [1.29, 1.82) is 0 Å². The van der Waals surface area contributed by atoms with Gasteiger partial charge >= 0.3 is 107 Å². The molecule has 0 bridgehead atoms. The number of benzene rings is 3. The molecular formula is C39H24O38. The average molecular weight is 1100 g/mol. The molecule has 3 aromatic carbocycles. The van der Waals surface area contributed by atoms with E-state index in [0.29, 0.717) is 0 Å². The van der Waals surface area contributed by atoms with Crippen LogP contribution < -0.4 is 0 Å². The van der Waals surface area contributed by atoms with Gasteiger partial charge in [-0.2, -0.15) is 0 Å². The fourth-order valence-corrected chi connectivity index (χ4v) is 6.27. The van der Waals surface area contributed by atoms with Crippen molar-refractivity contribution in [2.75, 3.05) is 13.2 Å². The van der Waals surface area contributed by atoms with Crippen LogP contribution in [0.15, 0.2) is 0 Å². The number of hydrogen-bond donors (Lipinski definition) is 19. The monoisotopic (exact) mass is 1100 g/mol. The minimum absolute atomic E-state index is 0.190. The molecule has 1 aliphatic rings. The molecule has 0 saturated carbocycles. The number of aromatic carboxylic acids is 18. The third-order valence-electron chi connectivity index (χ3n) is 8.96. The molecule has 1 fully saturated rings. The van der Waals surface area contributed by atoms with E-state index in [0.717, 1.165) is 6.61 Å². The van der Waals surface area contributed by atoms with E-state index in [2.05, 4.69) is 4.74 Å². The smallest absolute Gasteiger partial charge is 0.337 e. The summed E-state index contributed by atoms with van der Waals surface area (Å²) in [5, 5.41) is 171. The summed E-state index contributed by atoms with van der Waals surface area (Å²) < 4.78 is 4.61. The van der Waals surface area contributed by atoms with Crippen molar-refractivity contribution in [2.24, 2.45) is 0 Å². The SMILES string of the molecule is O=C(O)c1c(C(=O)O)c(C(=O)O)c(C(=O)O)c(C(=O)O)c1C(=O)O.O=C(O)c1c(C(=O)O)c(C(=O)O)c(C(=O)O)c(C(=O)O)c1C(=O)O.O=C(O)c1c(C(=O)O)c(C(=O)O)c(C(=O)O)c(C(=O)O)c1C(=O)O.OCC1CO1. The van der Waals surface area contributed by atoms with Gasteiger partial charge in [0.05, 0.1) is 113 Å². The lowest BCUT2D eigenvalue weighted by molar-refractivity contribution is 0.0592. The second-order valence-electron chi connectivity index (χ2n) is 13.4. The Bertz CT molecular complexity index is 2340. The molecule has 77 heavy (non-hydrogen) atoms. The molecule has 3 aromatic rings. The summed E-state index contributed by atoms with van der Waals surface area (Å²) in [6.45, 7) is 0.955. The predicted octanol–water partition coefficient (Wildman–Crippen LogP) is -0.995. The van der Waals surface area contributed by atoms with Crippen molar-refractivity contribution in [1.82, 2.24) is 0 Å². The number of carbonyl (C=O) groups is 18. The highest BCUT2D eigenvalue weighted by molar-refractivity contribution is 6.26. The van der Waals surface area contributed by atoms with Crippen LogP contribution in [-0.4, -0.2) is 224 Å². The Balaban J connectivity index is 0.000000550. The Morgan fingerprint density at radius 1 is 0.221 bits per heavy atom. The molecule has 1 aliphatic heterocycles. The van der Waals surface area contributed by atoms with E-state index in [1.807, 2.05) is 0 Å². The van der Waals surface area contributed by atoms with Crippen LogP contribution in [0.1, 0.15) is 186 Å². The second-order valence-corrected chi connectivity index (χ2v) is 13.4. The van der Waals surface area contributed by atoms with Crippen LogP contribution in [0.5, 0.6) is 0 Å². The van der Waals surface area contributed by atoms with Crippen molar-refractivity contribution in [3.05, 3.63) is 100 Å². The maximum atomic E-state index is 11.2. The molecule has 408 valence electrons. The summed E-state index contributed by atoms with van der Waals surface area (Å²) in [6.07, 6.45) is 0.190. The quantitative estimate of drug-likeness (QED) is 0.0641. The normalized spacial score (nSPS) is 11.6. The molecule has 4 rings (SSSR count). The van der Waals surface area contributed by atoms with Gasteiger partial charge in [0.25, 0.3) is 0 Å². The zero-order valence-electron chi connectivity index (χ0n) is 36.2. The molecule has 19 N–H and O–H groups in total. The lowest BCUT2D eigenvalue weighted by Crippen LogP contribution is -2.27.